The number of benzene rings is 1. The van der Waals surface area contributed by atoms with Crippen LogP contribution in [0.2, 0.25) is 0 Å². The molecule has 0 aliphatic rings. The van der Waals surface area contributed by atoms with Crippen LogP contribution < -0.4 is 16.0 Å². The smallest absolute Gasteiger partial charge is 0.326 e. The van der Waals surface area contributed by atoms with Crippen LogP contribution in [0.5, 0.6) is 0 Å². The van der Waals surface area contributed by atoms with Gasteiger partial charge in [0.2, 0.25) is 5.91 Å². The van der Waals surface area contributed by atoms with Crippen LogP contribution in [0.15, 0.2) is 24.3 Å². The number of carbonyl (C=O) groups excluding carboxylic acids is 2. The zero-order chi connectivity index (χ0) is 15.8. The Bertz CT molecular complexity index is 531. The van der Waals surface area contributed by atoms with E-state index in [9.17, 15) is 14.4 Å². The number of urea groups is 1. The summed E-state index contributed by atoms with van der Waals surface area (Å²) in [5.74, 6) is -1.29. The van der Waals surface area contributed by atoms with Gasteiger partial charge in [-0.05, 0) is 24.6 Å². The molecule has 0 aliphatic carbocycles. The maximum atomic E-state index is 11.8. The second-order valence-electron chi connectivity index (χ2n) is 4.54. The van der Waals surface area contributed by atoms with Crippen molar-refractivity contribution >= 4 is 29.3 Å². The summed E-state index contributed by atoms with van der Waals surface area (Å²) in [6.45, 7) is 3.22. The normalized spacial score (nSPS) is 11.3. The molecule has 4 N–H and O–H groups in total. The van der Waals surface area contributed by atoms with Crippen molar-refractivity contribution in [1.82, 2.24) is 5.32 Å². The van der Waals surface area contributed by atoms with E-state index < -0.39 is 18.0 Å². The van der Waals surface area contributed by atoms with E-state index in [0.717, 1.165) is 0 Å². The van der Waals surface area contributed by atoms with Crippen LogP contribution in [-0.2, 0) is 9.59 Å². The highest BCUT2D eigenvalue weighted by Gasteiger charge is 2.18. The lowest BCUT2D eigenvalue weighted by molar-refractivity contribution is -0.139. The number of rotatable bonds is 6. The van der Waals surface area contributed by atoms with Gasteiger partial charge in [-0.2, -0.15) is 0 Å². The number of hydrogen-bond donors (Lipinski definition) is 4. The Morgan fingerprint density at radius 2 is 1.81 bits per heavy atom. The lowest BCUT2D eigenvalue weighted by Crippen LogP contribution is -2.42. The van der Waals surface area contributed by atoms with Gasteiger partial charge in [0.05, 0.1) is 0 Å². The molecule has 0 saturated heterocycles. The zero-order valence-electron chi connectivity index (χ0n) is 12.0. The predicted octanol–water partition coefficient (Wildman–Crippen LogP) is 2.02. The SMILES string of the molecule is CCCC(NC(=O)Nc1cccc(NC(C)=O)c1)C(=O)O. The van der Waals surface area contributed by atoms with E-state index in [2.05, 4.69) is 16.0 Å². The molecule has 1 rings (SSSR count). The lowest BCUT2D eigenvalue weighted by atomic mass is 10.2. The van der Waals surface area contributed by atoms with Crippen molar-refractivity contribution in [3.8, 4) is 0 Å². The van der Waals surface area contributed by atoms with Gasteiger partial charge in [0, 0.05) is 18.3 Å². The number of carboxylic acids is 1. The minimum atomic E-state index is -1.07. The molecule has 1 atom stereocenters. The number of aliphatic carboxylic acids is 1. The van der Waals surface area contributed by atoms with E-state index in [1.807, 2.05) is 6.92 Å². The van der Waals surface area contributed by atoms with Crippen molar-refractivity contribution in [3.05, 3.63) is 24.3 Å². The topological polar surface area (TPSA) is 108 Å². The molecular weight excluding hydrogens is 274 g/mol. The summed E-state index contributed by atoms with van der Waals surface area (Å²) in [7, 11) is 0. The van der Waals surface area contributed by atoms with Crippen LogP contribution in [0, 0.1) is 0 Å². The van der Waals surface area contributed by atoms with Crippen molar-refractivity contribution in [2.45, 2.75) is 32.7 Å². The maximum absolute atomic E-state index is 11.8. The largest absolute Gasteiger partial charge is 0.480 e. The third kappa shape index (κ3) is 5.94. The minimum absolute atomic E-state index is 0.217. The number of carbonyl (C=O) groups is 3. The molecule has 1 aromatic rings. The Hall–Kier alpha value is -2.57. The number of hydrogen-bond acceptors (Lipinski definition) is 3. The van der Waals surface area contributed by atoms with E-state index in [4.69, 9.17) is 5.11 Å². The molecule has 3 amide bonds. The van der Waals surface area contributed by atoms with Crippen LogP contribution in [-0.4, -0.2) is 29.1 Å². The van der Waals surface area contributed by atoms with E-state index in [-0.39, 0.29) is 5.91 Å². The monoisotopic (exact) mass is 293 g/mol. The number of nitrogens with one attached hydrogen (secondary N) is 3. The molecule has 0 fully saturated rings. The molecule has 0 aromatic heterocycles. The first kappa shape index (κ1) is 16.5. The van der Waals surface area contributed by atoms with Crippen molar-refractivity contribution < 1.29 is 19.5 Å². The third-order valence-corrected chi connectivity index (χ3v) is 2.62. The van der Waals surface area contributed by atoms with E-state index in [1.165, 1.54) is 6.92 Å². The molecule has 21 heavy (non-hydrogen) atoms. The highest BCUT2D eigenvalue weighted by Crippen LogP contribution is 2.15. The number of carboxylic acid groups (broad SMARTS) is 1. The van der Waals surface area contributed by atoms with Gasteiger partial charge in [0.15, 0.2) is 0 Å². The fourth-order valence-electron chi connectivity index (χ4n) is 1.75. The Morgan fingerprint density at radius 1 is 1.19 bits per heavy atom. The minimum Gasteiger partial charge on any atom is -0.480 e. The quantitative estimate of drug-likeness (QED) is 0.643. The maximum Gasteiger partial charge on any atom is 0.326 e. The molecule has 0 saturated carbocycles. The fourth-order valence-corrected chi connectivity index (χ4v) is 1.75. The van der Waals surface area contributed by atoms with Crippen molar-refractivity contribution in [3.63, 3.8) is 0 Å². The van der Waals surface area contributed by atoms with Crippen molar-refractivity contribution in [2.24, 2.45) is 0 Å². The molecule has 0 aliphatic heterocycles. The predicted molar refractivity (Wildman–Crippen MR) is 79.2 cm³/mol. The van der Waals surface area contributed by atoms with Crippen LogP contribution in [0.4, 0.5) is 16.2 Å². The van der Waals surface area contributed by atoms with E-state index in [1.54, 1.807) is 24.3 Å². The van der Waals surface area contributed by atoms with Crippen molar-refractivity contribution in [1.29, 1.82) is 0 Å². The van der Waals surface area contributed by atoms with Crippen LogP contribution >= 0.6 is 0 Å². The molecular formula is C14H19N3O4. The Balaban J connectivity index is 2.65. The number of anilines is 2. The standard InChI is InChI=1S/C14H19N3O4/c1-3-5-12(13(19)20)17-14(21)16-11-7-4-6-10(8-11)15-9(2)18/h4,6-8,12H,3,5H2,1-2H3,(H,15,18)(H,19,20)(H2,16,17,21). The fraction of sp³-hybridized carbons (Fsp3) is 0.357. The summed E-state index contributed by atoms with van der Waals surface area (Å²) in [5, 5.41) is 16.5. The first-order chi connectivity index (χ1) is 9.92. The van der Waals surface area contributed by atoms with Crippen molar-refractivity contribution in [2.75, 3.05) is 10.6 Å². The summed E-state index contributed by atoms with van der Waals surface area (Å²) in [6.07, 6.45) is 1.00. The molecule has 0 heterocycles. The molecule has 0 radical (unpaired) electrons. The Morgan fingerprint density at radius 3 is 2.33 bits per heavy atom. The van der Waals surface area contributed by atoms with Gasteiger partial charge in [-0.25, -0.2) is 9.59 Å². The molecule has 7 heteroatoms. The van der Waals surface area contributed by atoms with Gasteiger partial charge in [-0.3, -0.25) is 4.79 Å². The first-order valence-electron chi connectivity index (χ1n) is 6.60. The highest BCUT2D eigenvalue weighted by molar-refractivity contribution is 5.94. The molecule has 7 nitrogen and oxygen atoms in total. The van der Waals surface area contributed by atoms with Gasteiger partial charge in [0.25, 0.3) is 0 Å². The summed E-state index contributed by atoms with van der Waals surface area (Å²) in [6, 6.07) is 5.05. The molecule has 0 bridgehead atoms. The van der Waals surface area contributed by atoms with Gasteiger partial charge in [0.1, 0.15) is 6.04 Å². The third-order valence-electron chi connectivity index (χ3n) is 2.62. The van der Waals surface area contributed by atoms with Gasteiger partial charge >= 0.3 is 12.0 Å². The number of amides is 3. The second kappa shape index (κ2) is 7.88. The summed E-state index contributed by atoms with van der Waals surface area (Å²) in [5.41, 5.74) is 1.00. The summed E-state index contributed by atoms with van der Waals surface area (Å²) < 4.78 is 0. The van der Waals surface area contributed by atoms with E-state index in [0.29, 0.717) is 24.2 Å². The zero-order valence-corrected chi connectivity index (χ0v) is 12.0. The molecule has 1 unspecified atom stereocenters. The van der Waals surface area contributed by atoms with Gasteiger partial charge in [-0.15, -0.1) is 0 Å². The summed E-state index contributed by atoms with van der Waals surface area (Å²) in [4.78, 5) is 33.7. The van der Waals surface area contributed by atoms with Crippen LogP contribution in [0.25, 0.3) is 0 Å². The van der Waals surface area contributed by atoms with E-state index >= 15 is 0 Å². The van der Waals surface area contributed by atoms with Crippen LogP contribution in [0.1, 0.15) is 26.7 Å². The van der Waals surface area contributed by atoms with Gasteiger partial charge < -0.3 is 21.1 Å². The summed E-state index contributed by atoms with van der Waals surface area (Å²) >= 11 is 0. The lowest BCUT2D eigenvalue weighted by Gasteiger charge is -2.14. The Kier molecular flexibility index (Phi) is 6.19. The average Bonchev–Trinajstić information content (AvgIpc) is 2.37. The molecule has 114 valence electrons. The highest BCUT2D eigenvalue weighted by atomic mass is 16.4. The first-order valence-corrected chi connectivity index (χ1v) is 6.60. The van der Waals surface area contributed by atoms with Gasteiger partial charge in [-0.1, -0.05) is 19.4 Å². The molecule has 0 spiro atoms. The second-order valence-corrected chi connectivity index (χ2v) is 4.54. The van der Waals surface area contributed by atoms with Crippen LogP contribution in [0.3, 0.4) is 0 Å². The Labute approximate surface area is 122 Å². The molecule has 1 aromatic carbocycles. The average molecular weight is 293 g/mol.